The van der Waals surface area contributed by atoms with Gasteiger partial charge < -0.3 is 14.6 Å². The summed E-state index contributed by atoms with van der Waals surface area (Å²) in [7, 11) is 0. The highest BCUT2D eigenvalue weighted by Gasteiger charge is 2.16. The van der Waals surface area contributed by atoms with E-state index in [9.17, 15) is 14.4 Å². The summed E-state index contributed by atoms with van der Waals surface area (Å²) in [6, 6.07) is 17.2. The van der Waals surface area contributed by atoms with Crippen LogP contribution in [-0.4, -0.2) is 29.7 Å². The Kier molecular flexibility index (Phi) is 6.04. The van der Waals surface area contributed by atoms with Crippen molar-refractivity contribution >= 4 is 40.1 Å². The molecule has 0 spiro atoms. The van der Waals surface area contributed by atoms with E-state index < -0.39 is 24.5 Å². The number of carbonyl (C=O) groups is 3. The van der Waals surface area contributed by atoms with Crippen LogP contribution in [0.2, 0.25) is 0 Å². The van der Waals surface area contributed by atoms with Crippen LogP contribution in [0.1, 0.15) is 15.2 Å². The fraction of sp³-hybridized carbons (Fsp3) is 0.0909. The Morgan fingerprint density at radius 1 is 1.03 bits per heavy atom. The summed E-state index contributed by atoms with van der Waals surface area (Å²) in [5.41, 5.74) is 1.65. The molecule has 0 radical (unpaired) electrons. The first-order chi connectivity index (χ1) is 15.1. The van der Waals surface area contributed by atoms with Crippen molar-refractivity contribution in [1.82, 2.24) is 15.8 Å². The summed E-state index contributed by atoms with van der Waals surface area (Å²) >= 11 is 1.49. The van der Waals surface area contributed by atoms with Crippen molar-refractivity contribution in [2.75, 3.05) is 6.61 Å². The van der Waals surface area contributed by atoms with Crippen LogP contribution in [0.5, 0.6) is 0 Å². The highest BCUT2D eigenvalue weighted by atomic mass is 32.1. The molecule has 2 aromatic heterocycles. The largest absolute Gasteiger partial charge is 0.452 e. The van der Waals surface area contributed by atoms with Gasteiger partial charge in [-0.15, -0.1) is 11.3 Å². The van der Waals surface area contributed by atoms with Gasteiger partial charge >= 0.3 is 12.0 Å². The van der Waals surface area contributed by atoms with Crippen molar-refractivity contribution in [3.63, 3.8) is 0 Å². The van der Waals surface area contributed by atoms with Gasteiger partial charge in [0.2, 0.25) is 0 Å². The zero-order valence-electron chi connectivity index (χ0n) is 16.2. The molecule has 31 heavy (non-hydrogen) atoms. The zero-order chi connectivity index (χ0) is 21.6. The molecular weight excluding hydrogens is 418 g/mol. The second-order valence-electron chi connectivity index (χ2n) is 6.50. The number of imide groups is 1. The van der Waals surface area contributed by atoms with Crippen molar-refractivity contribution in [2.45, 2.75) is 6.54 Å². The summed E-state index contributed by atoms with van der Waals surface area (Å²) in [5, 5.41) is 11.2. The molecular formula is C22H17N3O5S. The number of nitrogens with zero attached hydrogens (tertiary/aromatic N) is 1. The van der Waals surface area contributed by atoms with E-state index in [2.05, 4.69) is 15.8 Å². The molecule has 0 bridgehead atoms. The molecule has 0 aliphatic heterocycles. The van der Waals surface area contributed by atoms with E-state index in [-0.39, 0.29) is 5.56 Å². The predicted molar refractivity (Wildman–Crippen MR) is 114 cm³/mol. The third kappa shape index (κ3) is 4.96. The van der Waals surface area contributed by atoms with Gasteiger partial charge in [-0.3, -0.25) is 10.1 Å². The van der Waals surface area contributed by atoms with Crippen molar-refractivity contribution in [2.24, 2.45) is 0 Å². The monoisotopic (exact) mass is 435 g/mol. The van der Waals surface area contributed by atoms with E-state index >= 15 is 0 Å². The Hall–Kier alpha value is -3.98. The molecule has 0 unspecified atom stereocenters. The number of hydrogen-bond donors (Lipinski definition) is 2. The Balaban J connectivity index is 1.35. The van der Waals surface area contributed by atoms with Crippen molar-refractivity contribution in [1.29, 1.82) is 0 Å². The van der Waals surface area contributed by atoms with Crippen LogP contribution in [-0.2, 0) is 16.1 Å². The highest BCUT2D eigenvalue weighted by molar-refractivity contribution is 7.09. The summed E-state index contributed by atoms with van der Waals surface area (Å²) < 4.78 is 10.4. The lowest BCUT2D eigenvalue weighted by Gasteiger charge is -2.07. The van der Waals surface area contributed by atoms with Crippen molar-refractivity contribution < 1.29 is 23.6 Å². The molecule has 2 heterocycles. The van der Waals surface area contributed by atoms with Crippen LogP contribution in [0.3, 0.4) is 0 Å². The van der Waals surface area contributed by atoms with Gasteiger partial charge in [0.15, 0.2) is 12.4 Å². The highest BCUT2D eigenvalue weighted by Crippen LogP contribution is 2.29. The Bertz CT molecular complexity index is 1220. The lowest BCUT2D eigenvalue weighted by molar-refractivity contribution is -0.123. The first-order valence-electron chi connectivity index (χ1n) is 9.32. The smallest absolute Gasteiger partial charge is 0.338 e. The van der Waals surface area contributed by atoms with E-state index in [0.717, 1.165) is 10.4 Å². The van der Waals surface area contributed by atoms with E-state index in [4.69, 9.17) is 9.26 Å². The number of thiophene rings is 1. The number of amides is 3. The standard InChI is InChI=1S/C22H17N3O5S/c26-19(24-22(28)23-12-16-7-4-10-31-16)13-29-21(27)15-8-9-18-17(11-15)20(30-25-18)14-5-2-1-3-6-14/h1-11H,12-13H2,(H2,23,24,26,28). The molecule has 9 heteroatoms. The number of benzene rings is 2. The fourth-order valence-electron chi connectivity index (χ4n) is 2.87. The third-order valence-electron chi connectivity index (χ3n) is 4.34. The van der Waals surface area contributed by atoms with E-state index in [1.54, 1.807) is 12.1 Å². The van der Waals surface area contributed by atoms with E-state index in [1.165, 1.54) is 17.4 Å². The van der Waals surface area contributed by atoms with Crippen LogP contribution in [0.15, 0.2) is 70.6 Å². The van der Waals surface area contributed by atoms with Gasteiger partial charge in [0.25, 0.3) is 5.91 Å². The molecule has 0 saturated heterocycles. The second kappa shape index (κ2) is 9.23. The molecule has 2 N–H and O–H groups in total. The lowest BCUT2D eigenvalue weighted by Crippen LogP contribution is -2.41. The maximum atomic E-state index is 12.4. The van der Waals surface area contributed by atoms with Gasteiger partial charge in [-0.2, -0.15) is 0 Å². The average molecular weight is 435 g/mol. The number of carbonyl (C=O) groups excluding carboxylic acids is 3. The van der Waals surface area contributed by atoms with Gasteiger partial charge in [0.1, 0.15) is 5.52 Å². The molecule has 4 aromatic rings. The Morgan fingerprint density at radius 3 is 2.65 bits per heavy atom. The number of aromatic nitrogens is 1. The SMILES string of the molecule is O=C(COC(=O)c1ccc2noc(-c3ccccc3)c2c1)NC(=O)NCc1cccs1. The topological polar surface area (TPSA) is 111 Å². The van der Waals surface area contributed by atoms with Crippen LogP contribution >= 0.6 is 11.3 Å². The second-order valence-corrected chi connectivity index (χ2v) is 7.53. The molecule has 2 aromatic carbocycles. The minimum absolute atomic E-state index is 0.239. The summed E-state index contributed by atoms with van der Waals surface area (Å²) in [6.07, 6.45) is 0. The van der Waals surface area contributed by atoms with Gasteiger partial charge in [0.05, 0.1) is 17.5 Å². The minimum Gasteiger partial charge on any atom is -0.452 e. The van der Waals surface area contributed by atoms with Gasteiger partial charge in [-0.25, -0.2) is 9.59 Å². The number of fused-ring (bicyclic) bond motifs is 1. The molecule has 4 rings (SSSR count). The average Bonchev–Trinajstić information content (AvgIpc) is 3.46. The number of urea groups is 1. The van der Waals surface area contributed by atoms with Gasteiger partial charge in [0, 0.05) is 10.4 Å². The molecule has 8 nitrogen and oxygen atoms in total. The quantitative estimate of drug-likeness (QED) is 0.447. The zero-order valence-corrected chi connectivity index (χ0v) is 17.0. The van der Waals surface area contributed by atoms with Crippen LogP contribution in [0.25, 0.3) is 22.2 Å². The Labute approximate surface area is 180 Å². The third-order valence-corrected chi connectivity index (χ3v) is 5.22. The maximum absolute atomic E-state index is 12.4. The fourth-order valence-corrected chi connectivity index (χ4v) is 3.51. The van der Waals surface area contributed by atoms with E-state index in [1.807, 2.05) is 47.8 Å². The summed E-state index contributed by atoms with van der Waals surface area (Å²) in [5.74, 6) is -0.894. The molecule has 0 aliphatic rings. The number of esters is 1. The number of rotatable bonds is 6. The molecule has 0 fully saturated rings. The lowest BCUT2D eigenvalue weighted by atomic mass is 10.1. The van der Waals surface area contributed by atoms with Crippen molar-refractivity contribution in [3.05, 3.63) is 76.5 Å². The van der Waals surface area contributed by atoms with E-state index in [0.29, 0.717) is 23.2 Å². The predicted octanol–water partition coefficient (Wildman–Crippen LogP) is 3.74. The first kappa shape index (κ1) is 20.3. The summed E-state index contributed by atoms with van der Waals surface area (Å²) in [4.78, 5) is 37.0. The van der Waals surface area contributed by atoms with Gasteiger partial charge in [-0.1, -0.05) is 41.6 Å². The first-order valence-corrected chi connectivity index (χ1v) is 10.2. The number of hydrogen-bond acceptors (Lipinski definition) is 7. The maximum Gasteiger partial charge on any atom is 0.338 e. The molecule has 0 aliphatic carbocycles. The summed E-state index contributed by atoms with van der Waals surface area (Å²) in [6.45, 7) is -0.280. The molecule has 3 amide bonds. The van der Waals surface area contributed by atoms with Crippen molar-refractivity contribution in [3.8, 4) is 11.3 Å². The molecule has 0 atom stereocenters. The molecule has 156 valence electrons. The molecule has 0 saturated carbocycles. The number of nitrogens with one attached hydrogen (secondary N) is 2. The van der Waals surface area contributed by atoms with Crippen LogP contribution in [0.4, 0.5) is 4.79 Å². The normalized spacial score (nSPS) is 10.6. The van der Waals surface area contributed by atoms with Crippen LogP contribution in [0, 0.1) is 0 Å². The van der Waals surface area contributed by atoms with Gasteiger partial charge in [-0.05, 0) is 29.6 Å². The minimum atomic E-state index is -0.729. The Morgan fingerprint density at radius 2 is 1.87 bits per heavy atom. The number of ether oxygens (including phenoxy) is 1. The van der Waals surface area contributed by atoms with Crippen LogP contribution < -0.4 is 10.6 Å².